The van der Waals surface area contributed by atoms with Crippen molar-refractivity contribution >= 4 is 40.9 Å². The molecular weight excluding hydrogens is 466 g/mol. The minimum absolute atomic E-state index is 0.0109. The predicted octanol–water partition coefficient (Wildman–Crippen LogP) is 6.66. The Hall–Kier alpha value is -3.53. The van der Waals surface area contributed by atoms with Crippen LogP contribution >= 0.6 is 23.2 Å². The van der Waals surface area contributed by atoms with Gasteiger partial charge in [-0.3, -0.25) is 4.79 Å². The molecule has 0 aliphatic heterocycles. The van der Waals surface area contributed by atoms with Crippen molar-refractivity contribution in [3.63, 3.8) is 0 Å². The Morgan fingerprint density at radius 3 is 2.58 bits per heavy atom. The molecule has 168 valence electrons. The van der Waals surface area contributed by atoms with Crippen LogP contribution in [0.15, 0.2) is 66.2 Å². The van der Waals surface area contributed by atoms with Crippen molar-refractivity contribution in [1.82, 2.24) is 0 Å². The molecule has 0 atom stereocenters. The average molecular weight is 485 g/mol. The lowest BCUT2D eigenvalue weighted by molar-refractivity contribution is -0.112. The van der Waals surface area contributed by atoms with E-state index in [1.165, 1.54) is 24.3 Å². The zero-order valence-corrected chi connectivity index (χ0v) is 19.1. The molecule has 3 rings (SSSR count). The summed E-state index contributed by atoms with van der Waals surface area (Å²) >= 11 is 12.1. The third kappa shape index (κ3) is 6.48. The lowest BCUT2D eigenvalue weighted by Crippen LogP contribution is -2.14. The average Bonchev–Trinajstić information content (AvgIpc) is 2.79. The molecule has 0 radical (unpaired) electrons. The molecule has 0 fully saturated rings. The molecule has 0 heterocycles. The molecule has 0 aliphatic carbocycles. The number of carbonyl (C=O) groups is 1. The van der Waals surface area contributed by atoms with E-state index in [1.807, 2.05) is 13.0 Å². The van der Waals surface area contributed by atoms with E-state index >= 15 is 0 Å². The highest BCUT2D eigenvalue weighted by Gasteiger charge is 2.13. The summed E-state index contributed by atoms with van der Waals surface area (Å²) in [6.45, 7) is 2.40. The minimum Gasteiger partial charge on any atom is -0.490 e. The number of halogens is 3. The standard InChI is InChI=1S/C25H19Cl2FN2O3/c1-2-32-24-12-16(7-10-23(24)33-15-17-8-9-19(26)13-20(17)27)11-18(14-29)25(31)30-22-6-4-3-5-21(22)28/h3-13H,2,15H2,1H3,(H,30,31)/b18-11-. The lowest BCUT2D eigenvalue weighted by atomic mass is 10.1. The molecule has 3 aromatic rings. The highest BCUT2D eigenvalue weighted by atomic mass is 35.5. The molecule has 5 nitrogen and oxygen atoms in total. The minimum atomic E-state index is -0.724. The van der Waals surface area contributed by atoms with E-state index in [1.54, 1.807) is 42.5 Å². The van der Waals surface area contributed by atoms with Gasteiger partial charge in [-0.2, -0.15) is 5.26 Å². The monoisotopic (exact) mass is 484 g/mol. The summed E-state index contributed by atoms with van der Waals surface area (Å²) in [5, 5.41) is 12.9. The molecule has 1 N–H and O–H groups in total. The van der Waals surface area contributed by atoms with Gasteiger partial charge in [-0.1, -0.05) is 47.5 Å². The van der Waals surface area contributed by atoms with Crippen LogP contribution < -0.4 is 14.8 Å². The van der Waals surface area contributed by atoms with Crippen molar-refractivity contribution in [3.05, 3.63) is 93.2 Å². The second kappa shape index (κ2) is 11.4. The third-order valence-electron chi connectivity index (χ3n) is 4.46. The first-order chi connectivity index (χ1) is 15.9. The van der Waals surface area contributed by atoms with E-state index in [-0.39, 0.29) is 17.9 Å². The normalized spacial score (nSPS) is 10.9. The lowest BCUT2D eigenvalue weighted by Gasteiger charge is -2.13. The second-order valence-electron chi connectivity index (χ2n) is 6.77. The quantitative estimate of drug-likeness (QED) is 0.286. The van der Waals surface area contributed by atoms with E-state index < -0.39 is 11.7 Å². The van der Waals surface area contributed by atoms with Crippen molar-refractivity contribution in [1.29, 1.82) is 5.26 Å². The zero-order valence-electron chi connectivity index (χ0n) is 17.6. The fourth-order valence-electron chi connectivity index (χ4n) is 2.86. The van der Waals surface area contributed by atoms with Crippen LogP contribution in [0.2, 0.25) is 10.0 Å². The smallest absolute Gasteiger partial charge is 0.266 e. The van der Waals surface area contributed by atoms with Crippen LogP contribution in [-0.4, -0.2) is 12.5 Å². The molecular formula is C25H19Cl2FN2O3. The molecule has 0 saturated carbocycles. The number of nitrogens with zero attached hydrogens (tertiary/aromatic N) is 1. The second-order valence-corrected chi connectivity index (χ2v) is 7.61. The van der Waals surface area contributed by atoms with Crippen LogP contribution in [0.5, 0.6) is 11.5 Å². The number of rotatable bonds is 8. The van der Waals surface area contributed by atoms with Crippen LogP contribution in [0.1, 0.15) is 18.1 Å². The number of hydrogen-bond donors (Lipinski definition) is 1. The first-order valence-electron chi connectivity index (χ1n) is 9.92. The van der Waals surface area contributed by atoms with E-state index in [2.05, 4.69) is 5.32 Å². The van der Waals surface area contributed by atoms with Crippen LogP contribution in [0.25, 0.3) is 6.08 Å². The number of amides is 1. The van der Waals surface area contributed by atoms with Gasteiger partial charge < -0.3 is 14.8 Å². The molecule has 8 heteroatoms. The largest absolute Gasteiger partial charge is 0.490 e. The number of anilines is 1. The van der Waals surface area contributed by atoms with Gasteiger partial charge in [-0.25, -0.2) is 4.39 Å². The molecule has 0 bridgehead atoms. The fourth-order valence-corrected chi connectivity index (χ4v) is 3.33. The maximum Gasteiger partial charge on any atom is 0.266 e. The summed E-state index contributed by atoms with van der Waals surface area (Å²) in [6, 6.07) is 17.7. The van der Waals surface area contributed by atoms with Gasteiger partial charge in [0.15, 0.2) is 11.5 Å². The Labute approximate surface area is 201 Å². The molecule has 0 unspecified atom stereocenters. The van der Waals surface area contributed by atoms with Gasteiger partial charge in [0.1, 0.15) is 24.1 Å². The summed E-state index contributed by atoms with van der Waals surface area (Å²) < 4.78 is 25.3. The van der Waals surface area contributed by atoms with Gasteiger partial charge in [0.05, 0.1) is 12.3 Å². The van der Waals surface area contributed by atoms with E-state index in [0.29, 0.717) is 33.7 Å². The molecule has 33 heavy (non-hydrogen) atoms. The van der Waals surface area contributed by atoms with Gasteiger partial charge >= 0.3 is 0 Å². The van der Waals surface area contributed by atoms with E-state index in [9.17, 15) is 14.4 Å². The van der Waals surface area contributed by atoms with Gasteiger partial charge in [0.25, 0.3) is 5.91 Å². The Kier molecular flexibility index (Phi) is 8.31. The summed E-state index contributed by atoms with van der Waals surface area (Å²) in [5.74, 6) is -0.417. The van der Waals surface area contributed by atoms with Crippen molar-refractivity contribution in [2.75, 3.05) is 11.9 Å². The first-order valence-corrected chi connectivity index (χ1v) is 10.7. The summed E-state index contributed by atoms with van der Waals surface area (Å²) in [7, 11) is 0. The number of benzene rings is 3. The van der Waals surface area contributed by atoms with E-state index in [0.717, 1.165) is 5.56 Å². The molecule has 0 aliphatic rings. The number of para-hydroxylation sites is 1. The Morgan fingerprint density at radius 1 is 1.09 bits per heavy atom. The predicted molar refractivity (Wildman–Crippen MR) is 127 cm³/mol. The highest BCUT2D eigenvalue weighted by Crippen LogP contribution is 2.31. The maximum atomic E-state index is 13.8. The van der Waals surface area contributed by atoms with E-state index in [4.69, 9.17) is 32.7 Å². The molecule has 0 aromatic heterocycles. The zero-order chi connectivity index (χ0) is 23.8. The Morgan fingerprint density at radius 2 is 1.88 bits per heavy atom. The topological polar surface area (TPSA) is 71.3 Å². The Bertz CT molecular complexity index is 1240. The number of ether oxygens (including phenoxy) is 2. The van der Waals surface area contributed by atoms with Crippen LogP contribution in [0.4, 0.5) is 10.1 Å². The number of nitriles is 1. The van der Waals surface area contributed by atoms with Crippen molar-refractivity contribution < 1.29 is 18.7 Å². The number of nitrogens with one attached hydrogen (secondary N) is 1. The summed E-state index contributed by atoms with van der Waals surface area (Å²) in [4.78, 5) is 12.4. The first kappa shape index (κ1) is 24.1. The van der Waals surface area contributed by atoms with Crippen molar-refractivity contribution in [3.8, 4) is 17.6 Å². The van der Waals surface area contributed by atoms with Gasteiger partial charge in [-0.15, -0.1) is 0 Å². The number of hydrogen-bond acceptors (Lipinski definition) is 4. The van der Waals surface area contributed by atoms with Crippen LogP contribution in [0.3, 0.4) is 0 Å². The van der Waals surface area contributed by atoms with Crippen LogP contribution in [-0.2, 0) is 11.4 Å². The van der Waals surface area contributed by atoms with Gasteiger partial charge in [-0.05, 0) is 55.0 Å². The maximum absolute atomic E-state index is 13.8. The Balaban J connectivity index is 1.80. The van der Waals surface area contributed by atoms with Gasteiger partial charge in [0, 0.05) is 15.6 Å². The fraction of sp³-hybridized carbons (Fsp3) is 0.120. The van der Waals surface area contributed by atoms with Gasteiger partial charge in [0.2, 0.25) is 0 Å². The summed E-state index contributed by atoms with van der Waals surface area (Å²) in [6.07, 6.45) is 1.39. The third-order valence-corrected chi connectivity index (χ3v) is 5.05. The molecule has 0 spiro atoms. The number of carbonyl (C=O) groups excluding carboxylic acids is 1. The molecule has 0 saturated heterocycles. The van der Waals surface area contributed by atoms with Crippen molar-refractivity contribution in [2.45, 2.75) is 13.5 Å². The summed E-state index contributed by atoms with van der Waals surface area (Å²) in [5.41, 5.74) is 1.09. The highest BCUT2D eigenvalue weighted by molar-refractivity contribution is 6.35. The molecule has 3 aromatic carbocycles. The van der Waals surface area contributed by atoms with Crippen LogP contribution in [0, 0.1) is 17.1 Å². The molecule has 1 amide bonds. The SMILES string of the molecule is CCOc1cc(/C=C(/C#N)C(=O)Nc2ccccc2F)ccc1OCc1ccc(Cl)cc1Cl. The van der Waals surface area contributed by atoms with Crippen molar-refractivity contribution in [2.24, 2.45) is 0 Å².